The molecule has 3 saturated carbocycles. The lowest BCUT2D eigenvalue weighted by molar-refractivity contribution is -0.127. The lowest BCUT2D eigenvalue weighted by Crippen LogP contribution is -2.44. The maximum Gasteiger partial charge on any atom is 0.223 e. The number of amides is 1. The molecule has 3 heteroatoms. The van der Waals surface area contributed by atoms with Crippen LogP contribution in [-0.2, 0) is 4.79 Å². The summed E-state index contributed by atoms with van der Waals surface area (Å²) in [6, 6.07) is 0.466. The minimum atomic E-state index is 0.359. The van der Waals surface area contributed by atoms with Crippen molar-refractivity contribution in [2.75, 3.05) is 13.1 Å². The van der Waals surface area contributed by atoms with Gasteiger partial charge in [0.2, 0.25) is 5.91 Å². The summed E-state index contributed by atoms with van der Waals surface area (Å²) in [5, 5.41) is 6.89. The molecule has 1 aliphatic heterocycles. The molecule has 0 spiro atoms. The first-order valence-electron chi connectivity index (χ1n) is 8.30. The molecule has 3 nitrogen and oxygen atoms in total. The Kier molecular flexibility index (Phi) is 3.06. The van der Waals surface area contributed by atoms with Crippen LogP contribution in [0.3, 0.4) is 0 Å². The van der Waals surface area contributed by atoms with Crippen LogP contribution in [0.25, 0.3) is 0 Å². The van der Waals surface area contributed by atoms with Crippen molar-refractivity contribution in [2.45, 2.75) is 51.0 Å². The number of carbonyl (C=O) groups excluding carboxylic acids is 1. The molecule has 1 amide bonds. The van der Waals surface area contributed by atoms with Crippen molar-refractivity contribution in [3.8, 4) is 0 Å². The van der Waals surface area contributed by atoms with Crippen molar-refractivity contribution in [3.05, 3.63) is 0 Å². The lowest BCUT2D eigenvalue weighted by Gasteiger charge is -2.33. The number of carbonyl (C=O) groups is 1. The third kappa shape index (κ3) is 2.20. The average molecular weight is 262 g/mol. The molecule has 4 unspecified atom stereocenters. The predicted molar refractivity (Wildman–Crippen MR) is 74.6 cm³/mol. The van der Waals surface area contributed by atoms with Gasteiger partial charge in [-0.05, 0) is 75.3 Å². The minimum Gasteiger partial charge on any atom is -0.353 e. The predicted octanol–water partition coefficient (Wildman–Crippen LogP) is 1.93. The van der Waals surface area contributed by atoms with Crippen molar-refractivity contribution in [3.63, 3.8) is 0 Å². The van der Waals surface area contributed by atoms with Crippen LogP contribution < -0.4 is 10.6 Å². The molecule has 4 rings (SSSR count). The number of hydrogen-bond donors (Lipinski definition) is 2. The summed E-state index contributed by atoms with van der Waals surface area (Å²) in [4.78, 5) is 12.5. The molecule has 2 N–H and O–H groups in total. The summed E-state index contributed by atoms with van der Waals surface area (Å²) < 4.78 is 0. The van der Waals surface area contributed by atoms with Crippen molar-refractivity contribution < 1.29 is 4.79 Å². The monoisotopic (exact) mass is 262 g/mol. The molecule has 4 fully saturated rings. The Morgan fingerprint density at radius 1 is 0.895 bits per heavy atom. The van der Waals surface area contributed by atoms with Crippen LogP contribution in [0.15, 0.2) is 0 Å². The van der Waals surface area contributed by atoms with Gasteiger partial charge < -0.3 is 10.6 Å². The highest BCUT2D eigenvalue weighted by molar-refractivity contribution is 5.79. The quantitative estimate of drug-likeness (QED) is 0.798. The van der Waals surface area contributed by atoms with E-state index in [0.29, 0.717) is 17.9 Å². The van der Waals surface area contributed by atoms with E-state index >= 15 is 0 Å². The van der Waals surface area contributed by atoms with Crippen LogP contribution in [0.2, 0.25) is 0 Å². The molecule has 6 atom stereocenters. The molecule has 19 heavy (non-hydrogen) atoms. The molecule has 2 bridgehead atoms. The van der Waals surface area contributed by atoms with Gasteiger partial charge in [0.05, 0.1) is 0 Å². The Balaban J connectivity index is 1.33. The van der Waals surface area contributed by atoms with Gasteiger partial charge in [-0.2, -0.15) is 0 Å². The Morgan fingerprint density at radius 3 is 2.53 bits per heavy atom. The van der Waals surface area contributed by atoms with E-state index in [2.05, 4.69) is 10.6 Å². The van der Waals surface area contributed by atoms with Crippen LogP contribution in [0.1, 0.15) is 44.9 Å². The number of rotatable bonds is 2. The summed E-state index contributed by atoms with van der Waals surface area (Å²) in [6.07, 6.45) is 8.92. The van der Waals surface area contributed by atoms with Gasteiger partial charge in [0.1, 0.15) is 0 Å². The molecule has 0 radical (unpaired) electrons. The molecule has 1 saturated heterocycles. The molecule has 0 aromatic carbocycles. The van der Waals surface area contributed by atoms with Gasteiger partial charge in [-0.1, -0.05) is 6.42 Å². The van der Waals surface area contributed by atoms with E-state index in [1.54, 1.807) is 0 Å². The van der Waals surface area contributed by atoms with Crippen molar-refractivity contribution in [1.29, 1.82) is 0 Å². The largest absolute Gasteiger partial charge is 0.353 e. The van der Waals surface area contributed by atoms with E-state index in [0.717, 1.165) is 23.7 Å². The zero-order valence-corrected chi connectivity index (χ0v) is 11.7. The van der Waals surface area contributed by atoms with Crippen molar-refractivity contribution in [2.24, 2.45) is 29.6 Å². The third-order valence-corrected chi connectivity index (χ3v) is 6.37. The first-order chi connectivity index (χ1) is 9.29. The molecule has 0 aromatic rings. The highest BCUT2D eigenvalue weighted by Gasteiger charge is 2.44. The van der Waals surface area contributed by atoms with Crippen LogP contribution in [0.4, 0.5) is 0 Å². The van der Waals surface area contributed by atoms with Gasteiger partial charge >= 0.3 is 0 Å². The first kappa shape index (κ1) is 12.2. The Morgan fingerprint density at radius 2 is 1.74 bits per heavy atom. The van der Waals surface area contributed by atoms with Crippen molar-refractivity contribution in [1.82, 2.24) is 10.6 Å². The number of nitrogens with one attached hydrogen (secondary N) is 2. The Labute approximate surface area is 115 Å². The number of hydrogen-bond acceptors (Lipinski definition) is 2. The lowest BCUT2D eigenvalue weighted by atomic mass is 9.78. The number of fused-ring (bicyclic) bond motifs is 3. The van der Waals surface area contributed by atoms with Gasteiger partial charge in [0.15, 0.2) is 0 Å². The molecule has 1 heterocycles. The Hall–Kier alpha value is -0.570. The smallest absolute Gasteiger partial charge is 0.223 e. The fraction of sp³-hybridized carbons (Fsp3) is 0.938. The third-order valence-electron chi connectivity index (χ3n) is 6.37. The molecule has 0 aromatic heterocycles. The highest BCUT2D eigenvalue weighted by atomic mass is 16.2. The molecule has 106 valence electrons. The summed E-state index contributed by atoms with van der Waals surface area (Å²) >= 11 is 0. The Bertz CT molecular complexity index is 370. The van der Waals surface area contributed by atoms with E-state index in [1.165, 1.54) is 58.0 Å². The zero-order chi connectivity index (χ0) is 12.8. The second-order valence-electron chi connectivity index (χ2n) is 7.48. The van der Waals surface area contributed by atoms with E-state index in [-0.39, 0.29) is 0 Å². The summed E-state index contributed by atoms with van der Waals surface area (Å²) in [5.41, 5.74) is 0. The van der Waals surface area contributed by atoms with Crippen LogP contribution in [0.5, 0.6) is 0 Å². The molecular weight excluding hydrogens is 236 g/mol. The van der Waals surface area contributed by atoms with Crippen LogP contribution >= 0.6 is 0 Å². The van der Waals surface area contributed by atoms with Gasteiger partial charge in [-0.15, -0.1) is 0 Å². The standard InChI is InChI=1S/C16H26N2O/c19-16(15-6-10-1-2-11(15)5-10)18-14-4-3-12-8-17-9-13(12)7-14/h10-15,17H,1-9H2,(H,18,19)/t10?,11?,12-,13+,14?,15?/m0/s1. The normalized spacial score (nSPS) is 48.2. The highest BCUT2D eigenvalue weighted by Crippen LogP contribution is 2.48. The van der Waals surface area contributed by atoms with E-state index < -0.39 is 0 Å². The average Bonchev–Trinajstić information content (AvgIpc) is 3.13. The fourth-order valence-electron chi connectivity index (χ4n) is 5.30. The zero-order valence-electron chi connectivity index (χ0n) is 11.7. The fourth-order valence-corrected chi connectivity index (χ4v) is 5.30. The topological polar surface area (TPSA) is 41.1 Å². The second kappa shape index (κ2) is 4.76. The SMILES string of the molecule is O=C(NC1CC[C@H]2CNC[C@H]2C1)C1CC2CCC1C2. The molecular formula is C16H26N2O. The van der Waals surface area contributed by atoms with Gasteiger partial charge in [-0.3, -0.25) is 4.79 Å². The summed E-state index contributed by atoms with van der Waals surface area (Å²) in [7, 11) is 0. The van der Waals surface area contributed by atoms with Gasteiger partial charge in [0.25, 0.3) is 0 Å². The van der Waals surface area contributed by atoms with E-state index in [9.17, 15) is 4.79 Å². The van der Waals surface area contributed by atoms with Crippen LogP contribution in [0, 0.1) is 29.6 Å². The van der Waals surface area contributed by atoms with Crippen molar-refractivity contribution >= 4 is 5.91 Å². The molecule has 4 aliphatic rings. The van der Waals surface area contributed by atoms with Gasteiger partial charge in [-0.25, -0.2) is 0 Å². The van der Waals surface area contributed by atoms with E-state index in [4.69, 9.17) is 0 Å². The van der Waals surface area contributed by atoms with Gasteiger partial charge in [0, 0.05) is 12.0 Å². The summed E-state index contributed by atoms with van der Waals surface area (Å²) in [6.45, 7) is 2.38. The van der Waals surface area contributed by atoms with E-state index in [1.807, 2.05) is 0 Å². The first-order valence-corrected chi connectivity index (χ1v) is 8.30. The maximum absolute atomic E-state index is 12.5. The minimum absolute atomic E-state index is 0.359. The summed E-state index contributed by atoms with van der Waals surface area (Å²) in [5.74, 6) is 4.04. The van der Waals surface area contributed by atoms with Crippen LogP contribution in [-0.4, -0.2) is 25.0 Å². The second-order valence-corrected chi connectivity index (χ2v) is 7.48. The molecule has 3 aliphatic carbocycles. The maximum atomic E-state index is 12.5.